The Morgan fingerprint density at radius 1 is 1.45 bits per heavy atom. The molecule has 0 saturated heterocycles. The van der Waals surface area contributed by atoms with Gasteiger partial charge in [-0.05, 0) is 18.5 Å². The van der Waals surface area contributed by atoms with E-state index in [9.17, 15) is 0 Å². The highest BCUT2D eigenvalue weighted by Crippen LogP contribution is 2.04. The molecule has 0 aliphatic carbocycles. The van der Waals surface area contributed by atoms with Crippen LogP contribution in [0.4, 0.5) is 0 Å². The van der Waals surface area contributed by atoms with E-state index in [1.807, 2.05) is 25.1 Å². The van der Waals surface area contributed by atoms with E-state index in [-0.39, 0.29) is 0 Å². The predicted octanol–water partition coefficient (Wildman–Crippen LogP) is 0.322. The van der Waals surface area contributed by atoms with Crippen LogP contribution in [0.1, 0.15) is 6.92 Å². The van der Waals surface area contributed by atoms with Crippen molar-refractivity contribution in [2.45, 2.75) is 6.92 Å². The first kappa shape index (κ1) is 8.14. The predicted molar refractivity (Wildman–Crippen MR) is 45.2 cm³/mol. The van der Waals surface area contributed by atoms with E-state index in [0.29, 0.717) is 12.1 Å². The van der Waals surface area contributed by atoms with Crippen LogP contribution in [0.2, 0.25) is 0 Å². The molecule has 0 aromatic heterocycles. The van der Waals surface area contributed by atoms with Crippen LogP contribution < -0.4 is 10.2 Å². The van der Waals surface area contributed by atoms with Crippen LogP contribution in [0, 0.1) is 0 Å². The molecule has 0 saturated carbocycles. The number of rotatable bonds is 3. The van der Waals surface area contributed by atoms with Gasteiger partial charge in [0.25, 0.3) is 0 Å². The van der Waals surface area contributed by atoms with Gasteiger partial charge in [0.15, 0.2) is 0 Å². The summed E-state index contributed by atoms with van der Waals surface area (Å²) in [7, 11) is 1.05. The molecule has 0 aliphatic heterocycles. The highest BCUT2D eigenvalue weighted by atomic mass is 16.5. The van der Waals surface area contributed by atoms with Crippen molar-refractivity contribution in [2.24, 2.45) is 0 Å². The first-order valence-corrected chi connectivity index (χ1v) is 3.57. The average Bonchev–Trinajstić information content (AvgIpc) is 2.06. The fourth-order valence-corrected chi connectivity index (χ4v) is 0.874. The Bertz CT molecular complexity index is 225. The maximum absolute atomic E-state index is 8.74. The fraction of sp³-hybridized carbons (Fsp3) is 0.250. The van der Waals surface area contributed by atoms with Gasteiger partial charge in [-0.1, -0.05) is 18.2 Å². The molecule has 1 rings (SSSR count). The molecule has 2 nitrogen and oxygen atoms in total. The minimum Gasteiger partial charge on any atom is -0.494 e. The zero-order valence-corrected chi connectivity index (χ0v) is 6.45. The van der Waals surface area contributed by atoms with Gasteiger partial charge in [0.1, 0.15) is 5.75 Å². The van der Waals surface area contributed by atoms with Crippen molar-refractivity contribution in [1.29, 1.82) is 0 Å². The number of ether oxygens (including phenoxy) is 1. The number of hydrogen-bond donors (Lipinski definition) is 1. The van der Waals surface area contributed by atoms with Gasteiger partial charge in [0.2, 0.25) is 0 Å². The summed E-state index contributed by atoms with van der Waals surface area (Å²) >= 11 is 0. The topological polar surface area (TPSA) is 29.5 Å². The summed E-state index contributed by atoms with van der Waals surface area (Å²) in [4.78, 5) is 0. The molecule has 1 radical (unpaired) electrons. The first-order chi connectivity index (χ1) is 5.38. The van der Waals surface area contributed by atoms with E-state index >= 15 is 0 Å². The van der Waals surface area contributed by atoms with Gasteiger partial charge < -0.3 is 9.76 Å². The second-order valence-electron chi connectivity index (χ2n) is 2.10. The van der Waals surface area contributed by atoms with Crippen molar-refractivity contribution in [2.75, 3.05) is 6.61 Å². The van der Waals surface area contributed by atoms with Gasteiger partial charge in [0, 0.05) is 0 Å². The first-order valence-electron chi connectivity index (χ1n) is 3.57. The molecule has 0 fully saturated rings. The zero-order chi connectivity index (χ0) is 8.10. The van der Waals surface area contributed by atoms with E-state index < -0.39 is 0 Å². The lowest BCUT2D eigenvalue weighted by molar-refractivity contribution is 0.342. The lowest BCUT2D eigenvalue weighted by atomic mass is 9.88. The average molecular weight is 149 g/mol. The third kappa shape index (κ3) is 1.98. The highest BCUT2D eigenvalue weighted by Gasteiger charge is 2.00. The molecule has 3 heteroatoms. The molecule has 1 N–H and O–H groups in total. The van der Waals surface area contributed by atoms with Crippen LogP contribution >= 0.6 is 0 Å². The zero-order valence-electron chi connectivity index (χ0n) is 6.45. The molecule has 0 spiro atoms. The van der Waals surface area contributed by atoms with Crippen molar-refractivity contribution in [3.05, 3.63) is 24.3 Å². The molecule has 1 aromatic rings. The molecule has 0 heterocycles. The van der Waals surface area contributed by atoms with Crippen molar-refractivity contribution in [3.63, 3.8) is 0 Å². The van der Waals surface area contributed by atoms with Gasteiger partial charge >= 0.3 is 7.48 Å². The van der Waals surface area contributed by atoms with E-state index in [4.69, 9.17) is 9.76 Å². The van der Waals surface area contributed by atoms with E-state index in [1.165, 1.54) is 0 Å². The molecule has 0 bridgehead atoms. The van der Waals surface area contributed by atoms with E-state index in [1.54, 1.807) is 6.07 Å². The van der Waals surface area contributed by atoms with Crippen molar-refractivity contribution in [1.82, 2.24) is 0 Å². The maximum atomic E-state index is 8.74. The Balaban J connectivity index is 2.83. The Kier molecular flexibility index (Phi) is 2.99. The second-order valence-corrected chi connectivity index (χ2v) is 2.10. The minimum absolute atomic E-state index is 0.616. The Labute approximate surface area is 67.1 Å². The smallest absolute Gasteiger partial charge is 0.330 e. The summed E-state index contributed by atoms with van der Waals surface area (Å²) in [5.41, 5.74) is 0.717. The lowest BCUT2D eigenvalue weighted by Crippen LogP contribution is -2.16. The summed E-state index contributed by atoms with van der Waals surface area (Å²) in [6.45, 7) is 2.53. The summed E-state index contributed by atoms with van der Waals surface area (Å²) < 4.78 is 5.24. The summed E-state index contributed by atoms with van der Waals surface area (Å²) in [5, 5.41) is 8.74. The molecule has 0 amide bonds. The molecule has 0 aliphatic rings. The van der Waals surface area contributed by atoms with Crippen LogP contribution in [0.3, 0.4) is 0 Å². The van der Waals surface area contributed by atoms with Gasteiger partial charge in [-0.2, -0.15) is 0 Å². The monoisotopic (exact) mass is 149 g/mol. The Morgan fingerprint density at radius 3 is 2.82 bits per heavy atom. The minimum atomic E-state index is 0.616. The Hall–Kier alpha value is -0.955. The number of hydrogen-bond acceptors (Lipinski definition) is 2. The molecular formula is C8H10BO2. The molecule has 57 valence electrons. The van der Waals surface area contributed by atoms with Gasteiger partial charge in [-0.25, -0.2) is 0 Å². The van der Waals surface area contributed by atoms with Gasteiger partial charge in [-0.15, -0.1) is 0 Å². The van der Waals surface area contributed by atoms with Crippen molar-refractivity contribution in [3.8, 4) is 5.75 Å². The molecule has 0 atom stereocenters. The van der Waals surface area contributed by atoms with Crippen molar-refractivity contribution >= 4 is 12.9 Å². The highest BCUT2D eigenvalue weighted by molar-refractivity contribution is 6.46. The molecule has 0 unspecified atom stereocenters. The van der Waals surface area contributed by atoms with Crippen LogP contribution in [0.15, 0.2) is 24.3 Å². The van der Waals surface area contributed by atoms with Crippen LogP contribution in [0.5, 0.6) is 5.75 Å². The van der Waals surface area contributed by atoms with E-state index in [2.05, 4.69) is 0 Å². The van der Waals surface area contributed by atoms with E-state index in [0.717, 1.165) is 13.2 Å². The van der Waals surface area contributed by atoms with Crippen LogP contribution in [-0.2, 0) is 0 Å². The lowest BCUT2D eigenvalue weighted by Gasteiger charge is -2.05. The van der Waals surface area contributed by atoms with Crippen molar-refractivity contribution < 1.29 is 9.76 Å². The summed E-state index contributed by atoms with van der Waals surface area (Å²) in [6, 6.07) is 7.35. The molecule has 11 heavy (non-hydrogen) atoms. The second kappa shape index (κ2) is 4.03. The largest absolute Gasteiger partial charge is 0.494 e. The normalized spacial score (nSPS) is 9.27. The quantitative estimate of drug-likeness (QED) is 0.627. The third-order valence-electron chi connectivity index (χ3n) is 1.36. The fourth-order valence-electron chi connectivity index (χ4n) is 0.874. The standard InChI is InChI=1S/C8H10BO2/c1-2-11-8-6-4-3-5-7(8)9-10/h3-6,10H,2H2,1H3. The SMILES string of the molecule is CCOc1ccccc1[B]O. The Morgan fingerprint density at radius 2 is 2.18 bits per heavy atom. The molecular weight excluding hydrogens is 139 g/mol. The third-order valence-corrected chi connectivity index (χ3v) is 1.36. The van der Waals surface area contributed by atoms with Gasteiger partial charge in [-0.3, -0.25) is 0 Å². The number of benzene rings is 1. The summed E-state index contributed by atoms with van der Waals surface area (Å²) in [5.74, 6) is 0.720. The maximum Gasteiger partial charge on any atom is 0.330 e. The number of para-hydroxylation sites is 1. The van der Waals surface area contributed by atoms with Crippen LogP contribution in [0.25, 0.3) is 0 Å². The van der Waals surface area contributed by atoms with Crippen LogP contribution in [-0.4, -0.2) is 19.1 Å². The van der Waals surface area contributed by atoms with Gasteiger partial charge in [0.05, 0.1) is 6.61 Å². The summed E-state index contributed by atoms with van der Waals surface area (Å²) in [6.07, 6.45) is 0. The molecule has 1 aromatic carbocycles.